The molecule has 5 aromatic rings. The number of rotatable bonds is 4. The number of fused-ring (bicyclic) bond motifs is 2. The predicted molar refractivity (Wildman–Crippen MR) is 109 cm³/mol. The molecule has 0 aliphatic heterocycles. The molecule has 0 spiro atoms. The molecule has 134 valence electrons. The molecule has 0 aliphatic carbocycles. The lowest BCUT2D eigenvalue weighted by Crippen LogP contribution is -1.97. The van der Waals surface area contributed by atoms with E-state index in [1.165, 1.54) is 11.3 Å². The van der Waals surface area contributed by atoms with Crippen LogP contribution in [0.5, 0.6) is 5.75 Å². The summed E-state index contributed by atoms with van der Waals surface area (Å²) in [4.78, 5) is 5.38. The Hall–Kier alpha value is -2.42. The molecule has 0 saturated carbocycles. The van der Waals surface area contributed by atoms with E-state index in [-0.39, 0.29) is 0 Å². The Morgan fingerprint density at radius 1 is 1.04 bits per heavy atom. The number of nitrogens with zero attached hydrogens (tertiary/aromatic N) is 5. The van der Waals surface area contributed by atoms with Crippen LogP contribution in [0.4, 0.5) is 0 Å². The highest BCUT2D eigenvalue weighted by molar-refractivity contribution is 9.11. The van der Waals surface area contributed by atoms with Crippen LogP contribution in [-0.2, 0) is 6.61 Å². The minimum atomic E-state index is 0.454. The Labute approximate surface area is 171 Å². The fourth-order valence-corrected chi connectivity index (χ4v) is 4.21. The maximum atomic E-state index is 6.25. The van der Waals surface area contributed by atoms with Crippen molar-refractivity contribution in [2.24, 2.45) is 0 Å². The van der Waals surface area contributed by atoms with Gasteiger partial charge in [0.25, 0.3) is 0 Å². The van der Waals surface area contributed by atoms with E-state index in [1.54, 1.807) is 21.3 Å². The quantitative estimate of drug-likeness (QED) is 0.374. The third-order valence-corrected chi connectivity index (χ3v) is 5.58. The molecule has 0 N–H and O–H groups in total. The minimum Gasteiger partial charge on any atom is -0.487 e. The van der Waals surface area contributed by atoms with Gasteiger partial charge in [0.05, 0.1) is 11.2 Å². The molecular formula is C18H11BrClN5OS. The van der Waals surface area contributed by atoms with E-state index in [2.05, 4.69) is 31.1 Å². The highest BCUT2D eigenvalue weighted by atomic mass is 79.9. The largest absolute Gasteiger partial charge is 0.487 e. The number of pyridine rings is 1. The average Bonchev–Trinajstić information content (AvgIpc) is 3.32. The first-order valence-corrected chi connectivity index (χ1v) is 10.0. The third-order valence-electron chi connectivity index (χ3n) is 4.02. The smallest absolute Gasteiger partial charge is 0.213 e. The third kappa shape index (κ3) is 3.20. The molecule has 0 atom stereocenters. The van der Waals surface area contributed by atoms with Crippen molar-refractivity contribution in [3.05, 3.63) is 69.4 Å². The number of ether oxygens (including phenoxy) is 1. The number of aromatic nitrogens is 5. The van der Waals surface area contributed by atoms with Crippen LogP contribution >= 0.6 is 38.9 Å². The maximum absolute atomic E-state index is 6.25. The maximum Gasteiger partial charge on any atom is 0.213 e. The van der Waals surface area contributed by atoms with E-state index < -0.39 is 0 Å². The molecule has 27 heavy (non-hydrogen) atoms. The summed E-state index contributed by atoms with van der Waals surface area (Å²) in [6.45, 7) is 0.454. The summed E-state index contributed by atoms with van der Waals surface area (Å²) in [5, 5.41) is 9.47. The summed E-state index contributed by atoms with van der Waals surface area (Å²) < 4.78 is 10.2. The lowest BCUT2D eigenvalue weighted by atomic mass is 10.2. The zero-order valence-electron chi connectivity index (χ0n) is 13.7. The van der Waals surface area contributed by atoms with Gasteiger partial charge in [0.15, 0.2) is 3.92 Å². The van der Waals surface area contributed by atoms with Crippen molar-refractivity contribution in [2.45, 2.75) is 6.61 Å². The first kappa shape index (κ1) is 16.7. The van der Waals surface area contributed by atoms with E-state index in [0.717, 1.165) is 31.3 Å². The highest BCUT2D eigenvalue weighted by Gasteiger charge is 2.15. The summed E-state index contributed by atoms with van der Waals surface area (Å²) in [6.07, 6.45) is 3.60. The van der Waals surface area contributed by atoms with Crippen molar-refractivity contribution < 1.29 is 4.74 Å². The van der Waals surface area contributed by atoms with Gasteiger partial charge in [-0.05, 0) is 27.6 Å². The van der Waals surface area contributed by atoms with Gasteiger partial charge in [0.1, 0.15) is 29.3 Å². The van der Waals surface area contributed by atoms with E-state index in [1.807, 2.05) is 42.6 Å². The van der Waals surface area contributed by atoms with Gasteiger partial charge >= 0.3 is 0 Å². The van der Waals surface area contributed by atoms with Crippen molar-refractivity contribution in [1.29, 1.82) is 0 Å². The Bertz CT molecular complexity index is 1230. The van der Waals surface area contributed by atoms with Gasteiger partial charge in [0, 0.05) is 12.3 Å². The summed E-state index contributed by atoms with van der Waals surface area (Å²) in [6, 6.07) is 13.7. The van der Waals surface area contributed by atoms with E-state index in [0.29, 0.717) is 17.4 Å². The lowest BCUT2D eigenvalue weighted by molar-refractivity contribution is 0.308. The monoisotopic (exact) mass is 459 g/mol. The second-order valence-corrected chi connectivity index (χ2v) is 8.53. The molecule has 0 unspecified atom stereocenters. The number of halogens is 2. The standard InChI is InChI=1S/C18H11BrClN5OS/c19-17-23-25-9-14(21-18(25)27-17)13-7-15-16(6-12(20)8-24(15)22-13)26-10-11-4-2-1-3-5-11/h1-9H,10H2. The summed E-state index contributed by atoms with van der Waals surface area (Å²) >= 11 is 11.1. The molecule has 0 aliphatic rings. The molecular weight excluding hydrogens is 450 g/mol. The number of hydrogen-bond donors (Lipinski definition) is 0. The molecule has 0 radical (unpaired) electrons. The topological polar surface area (TPSA) is 56.7 Å². The van der Waals surface area contributed by atoms with Crippen LogP contribution in [0.1, 0.15) is 5.56 Å². The molecule has 0 bridgehead atoms. The number of imidazole rings is 1. The average molecular weight is 461 g/mol. The van der Waals surface area contributed by atoms with Gasteiger partial charge in [0.2, 0.25) is 4.96 Å². The SMILES string of the molecule is Clc1cc(OCc2ccccc2)c2cc(-c3cn4nc(Br)sc4n3)nn2c1. The minimum absolute atomic E-state index is 0.454. The van der Waals surface area contributed by atoms with Crippen molar-refractivity contribution in [2.75, 3.05) is 0 Å². The molecule has 0 saturated heterocycles. The molecule has 1 aromatic carbocycles. The van der Waals surface area contributed by atoms with Gasteiger partial charge in [-0.3, -0.25) is 0 Å². The van der Waals surface area contributed by atoms with Crippen LogP contribution in [0.15, 0.2) is 58.8 Å². The molecule has 9 heteroatoms. The number of benzene rings is 1. The van der Waals surface area contributed by atoms with E-state index >= 15 is 0 Å². The Balaban J connectivity index is 1.53. The van der Waals surface area contributed by atoms with Crippen LogP contribution in [0.25, 0.3) is 21.9 Å². The van der Waals surface area contributed by atoms with Crippen LogP contribution in [0, 0.1) is 0 Å². The molecule has 4 aromatic heterocycles. The van der Waals surface area contributed by atoms with E-state index in [4.69, 9.17) is 16.3 Å². The van der Waals surface area contributed by atoms with Crippen LogP contribution in [0.2, 0.25) is 5.02 Å². The van der Waals surface area contributed by atoms with Crippen molar-refractivity contribution >= 4 is 49.3 Å². The van der Waals surface area contributed by atoms with Gasteiger partial charge in [-0.15, -0.1) is 5.10 Å². The van der Waals surface area contributed by atoms with Crippen molar-refractivity contribution in [1.82, 2.24) is 24.2 Å². The van der Waals surface area contributed by atoms with Crippen LogP contribution in [0.3, 0.4) is 0 Å². The van der Waals surface area contributed by atoms with Crippen molar-refractivity contribution in [3.8, 4) is 17.1 Å². The second-order valence-electron chi connectivity index (χ2n) is 5.86. The number of hydrogen-bond acceptors (Lipinski definition) is 5. The predicted octanol–water partition coefficient (Wildman–Crippen LogP) is 5.10. The highest BCUT2D eigenvalue weighted by Crippen LogP contribution is 2.30. The normalized spacial score (nSPS) is 11.5. The zero-order valence-corrected chi connectivity index (χ0v) is 16.9. The van der Waals surface area contributed by atoms with Crippen LogP contribution < -0.4 is 4.74 Å². The van der Waals surface area contributed by atoms with Crippen LogP contribution in [-0.4, -0.2) is 24.2 Å². The fourth-order valence-electron chi connectivity index (χ4n) is 2.81. The zero-order chi connectivity index (χ0) is 18.4. The first-order chi connectivity index (χ1) is 13.2. The van der Waals surface area contributed by atoms with Gasteiger partial charge < -0.3 is 4.74 Å². The van der Waals surface area contributed by atoms with Gasteiger partial charge in [-0.2, -0.15) is 5.10 Å². The summed E-state index contributed by atoms with van der Waals surface area (Å²) in [5.74, 6) is 0.673. The summed E-state index contributed by atoms with van der Waals surface area (Å²) in [5.41, 5.74) is 3.39. The lowest BCUT2D eigenvalue weighted by Gasteiger charge is -2.08. The molecule has 6 nitrogen and oxygen atoms in total. The Morgan fingerprint density at radius 2 is 1.89 bits per heavy atom. The fraction of sp³-hybridized carbons (Fsp3) is 0.0556. The molecule has 0 amide bonds. The summed E-state index contributed by atoms with van der Waals surface area (Å²) in [7, 11) is 0. The molecule has 5 rings (SSSR count). The second kappa shape index (κ2) is 6.63. The van der Waals surface area contributed by atoms with Gasteiger partial charge in [-0.1, -0.05) is 53.3 Å². The van der Waals surface area contributed by atoms with Crippen molar-refractivity contribution in [3.63, 3.8) is 0 Å². The van der Waals surface area contributed by atoms with Gasteiger partial charge in [-0.25, -0.2) is 14.0 Å². The molecule has 0 fully saturated rings. The molecule has 4 heterocycles. The first-order valence-electron chi connectivity index (χ1n) is 8.03. The Morgan fingerprint density at radius 3 is 2.70 bits per heavy atom. The Kier molecular flexibility index (Phi) is 4.11. The van der Waals surface area contributed by atoms with E-state index in [9.17, 15) is 0 Å².